The van der Waals surface area contributed by atoms with Crippen LogP contribution in [-0.2, 0) is 0 Å². The topological polar surface area (TPSA) is 18.5 Å². The summed E-state index contributed by atoms with van der Waals surface area (Å²) < 4.78 is 0. The Morgan fingerprint density at radius 3 is 2.94 bits per heavy atom. The normalized spacial score (nSPS) is 39.8. The molecule has 0 radical (unpaired) electrons. The molecule has 16 heavy (non-hydrogen) atoms. The molecule has 3 rings (SSSR count). The third-order valence-electron chi connectivity index (χ3n) is 4.86. The van der Waals surface area contributed by atoms with Crippen molar-refractivity contribution in [2.45, 2.75) is 50.7 Å². The molecule has 3 aliphatic rings. The van der Waals surface area contributed by atoms with Gasteiger partial charge in [0.1, 0.15) is 0 Å². The van der Waals surface area contributed by atoms with Gasteiger partial charge in [-0.2, -0.15) is 0 Å². The summed E-state index contributed by atoms with van der Waals surface area (Å²) in [6.07, 6.45) is 5.65. The average molecular weight is 223 g/mol. The molecule has 3 aliphatic heterocycles. The number of fused-ring (bicyclic) bond motifs is 1. The van der Waals surface area contributed by atoms with Gasteiger partial charge in [0.25, 0.3) is 0 Å². The van der Waals surface area contributed by atoms with Gasteiger partial charge in [0.05, 0.1) is 0 Å². The molecule has 0 aromatic heterocycles. The molecule has 0 bridgehead atoms. The SMILES string of the molecule is CCN(C1CCNC1)C1CCN2CCCC12. The van der Waals surface area contributed by atoms with Gasteiger partial charge in [0.2, 0.25) is 0 Å². The van der Waals surface area contributed by atoms with Crippen molar-refractivity contribution in [3.05, 3.63) is 0 Å². The Kier molecular flexibility index (Phi) is 3.18. The smallest absolute Gasteiger partial charge is 0.0267 e. The number of likely N-dealkylation sites (N-methyl/N-ethyl adjacent to an activating group) is 1. The molecule has 3 nitrogen and oxygen atoms in total. The maximum atomic E-state index is 3.52. The maximum Gasteiger partial charge on any atom is 0.0267 e. The molecule has 3 heteroatoms. The summed E-state index contributed by atoms with van der Waals surface area (Å²) in [6, 6.07) is 2.56. The Hall–Kier alpha value is -0.120. The van der Waals surface area contributed by atoms with Gasteiger partial charge in [0.15, 0.2) is 0 Å². The summed E-state index contributed by atoms with van der Waals surface area (Å²) in [4.78, 5) is 5.53. The van der Waals surface area contributed by atoms with E-state index >= 15 is 0 Å². The molecule has 0 saturated carbocycles. The molecule has 3 saturated heterocycles. The Bertz CT molecular complexity index is 237. The second-order valence-corrected chi connectivity index (χ2v) is 5.58. The maximum absolute atomic E-state index is 3.52. The van der Waals surface area contributed by atoms with Crippen molar-refractivity contribution in [1.29, 1.82) is 0 Å². The van der Waals surface area contributed by atoms with E-state index in [1.165, 1.54) is 58.4 Å². The van der Waals surface area contributed by atoms with Crippen LogP contribution in [0.15, 0.2) is 0 Å². The summed E-state index contributed by atoms with van der Waals surface area (Å²) in [5.41, 5.74) is 0. The zero-order valence-corrected chi connectivity index (χ0v) is 10.5. The van der Waals surface area contributed by atoms with Crippen molar-refractivity contribution in [3.8, 4) is 0 Å². The van der Waals surface area contributed by atoms with Gasteiger partial charge in [-0.25, -0.2) is 0 Å². The Balaban J connectivity index is 1.69. The lowest BCUT2D eigenvalue weighted by Gasteiger charge is -2.36. The highest BCUT2D eigenvalue weighted by Gasteiger charge is 2.41. The van der Waals surface area contributed by atoms with E-state index in [-0.39, 0.29) is 0 Å². The van der Waals surface area contributed by atoms with Gasteiger partial charge < -0.3 is 5.32 Å². The Morgan fingerprint density at radius 2 is 2.19 bits per heavy atom. The van der Waals surface area contributed by atoms with Gasteiger partial charge >= 0.3 is 0 Å². The highest BCUT2D eigenvalue weighted by molar-refractivity contribution is 4.99. The third kappa shape index (κ3) is 1.79. The number of nitrogens with zero attached hydrogens (tertiary/aromatic N) is 2. The molecule has 92 valence electrons. The van der Waals surface area contributed by atoms with Gasteiger partial charge in [-0.15, -0.1) is 0 Å². The minimum absolute atomic E-state index is 0.815. The van der Waals surface area contributed by atoms with Gasteiger partial charge in [-0.3, -0.25) is 9.80 Å². The van der Waals surface area contributed by atoms with E-state index in [2.05, 4.69) is 22.0 Å². The van der Waals surface area contributed by atoms with Crippen LogP contribution in [0.5, 0.6) is 0 Å². The monoisotopic (exact) mass is 223 g/mol. The molecule has 3 fully saturated rings. The first-order valence-corrected chi connectivity index (χ1v) is 7.10. The van der Waals surface area contributed by atoms with Crippen LogP contribution < -0.4 is 5.32 Å². The lowest BCUT2D eigenvalue weighted by atomic mass is 10.0. The summed E-state index contributed by atoms with van der Waals surface area (Å²) in [5, 5.41) is 3.52. The molecule has 0 aromatic carbocycles. The highest BCUT2D eigenvalue weighted by atomic mass is 15.3. The van der Waals surface area contributed by atoms with Gasteiger partial charge in [-0.05, 0) is 45.3 Å². The van der Waals surface area contributed by atoms with E-state index in [1.807, 2.05) is 0 Å². The molecule has 3 unspecified atom stereocenters. The fourth-order valence-electron chi connectivity index (χ4n) is 4.13. The van der Waals surface area contributed by atoms with Crippen LogP contribution in [0.25, 0.3) is 0 Å². The molecule has 3 heterocycles. The van der Waals surface area contributed by atoms with Crippen LogP contribution in [0.3, 0.4) is 0 Å². The molecule has 0 spiro atoms. The first kappa shape index (κ1) is 11.0. The Morgan fingerprint density at radius 1 is 1.25 bits per heavy atom. The van der Waals surface area contributed by atoms with Crippen LogP contribution >= 0.6 is 0 Å². The van der Waals surface area contributed by atoms with E-state index in [9.17, 15) is 0 Å². The van der Waals surface area contributed by atoms with Crippen LogP contribution in [0.2, 0.25) is 0 Å². The number of hydrogen-bond donors (Lipinski definition) is 1. The molecular formula is C13H25N3. The minimum atomic E-state index is 0.815. The van der Waals surface area contributed by atoms with E-state index in [4.69, 9.17) is 0 Å². The molecule has 0 amide bonds. The quantitative estimate of drug-likeness (QED) is 0.767. The van der Waals surface area contributed by atoms with Gasteiger partial charge in [-0.1, -0.05) is 6.92 Å². The zero-order chi connectivity index (χ0) is 11.0. The van der Waals surface area contributed by atoms with Crippen LogP contribution in [0.1, 0.15) is 32.6 Å². The van der Waals surface area contributed by atoms with E-state index in [1.54, 1.807) is 0 Å². The summed E-state index contributed by atoms with van der Waals surface area (Å²) in [6.45, 7) is 8.74. The number of nitrogens with one attached hydrogen (secondary N) is 1. The first-order valence-electron chi connectivity index (χ1n) is 7.10. The van der Waals surface area contributed by atoms with Crippen molar-refractivity contribution in [1.82, 2.24) is 15.1 Å². The second-order valence-electron chi connectivity index (χ2n) is 5.58. The summed E-state index contributed by atoms with van der Waals surface area (Å²) >= 11 is 0. The molecule has 3 atom stereocenters. The van der Waals surface area contributed by atoms with Crippen molar-refractivity contribution in [2.24, 2.45) is 0 Å². The lowest BCUT2D eigenvalue weighted by Crippen LogP contribution is -2.48. The van der Waals surface area contributed by atoms with E-state index < -0.39 is 0 Å². The van der Waals surface area contributed by atoms with Crippen molar-refractivity contribution in [2.75, 3.05) is 32.7 Å². The van der Waals surface area contributed by atoms with Crippen molar-refractivity contribution < 1.29 is 0 Å². The third-order valence-corrected chi connectivity index (χ3v) is 4.86. The lowest BCUT2D eigenvalue weighted by molar-refractivity contribution is 0.124. The fraction of sp³-hybridized carbons (Fsp3) is 1.00. The molecule has 1 N–H and O–H groups in total. The van der Waals surface area contributed by atoms with E-state index in [0.717, 1.165) is 18.1 Å². The molecule has 0 aromatic rings. The molecule has 0 aliphatic carbocycles. The average Bonchev–Trinajstić information content (AvgIpc) is 2.95. The standard InChI is InChI=1S/C13H25N3/c1-2-16(11-5-7-14-10-11)13-6-9-15-8-3-4-12(13)15/h11-14H,2-10H2,1H3. The zero-order valence-electron chi connectivity index (χ0n) is 10.5. The predicted octanol–water partition coefficient (Wildman–Crippen LogP) is 0.907. The number of hydrogen-bond acceptors (Lipinski definition) is 3. The van der Waals surface area contributed by atoms with Crippen LogP contribution in [0.4, 0.5) is 0 Å². The fourth-order valence-corrected chi connectivity index (χ4v) is 4.13. The van der Waals surface area contributed by atoms with Crippen molar-refractivity contribution in [3.63, 3.8) is 0 Å². The first-order chi connectivity index (χ1) is 7.90. The van der Waals surface area contributed by atoms with Crippen molar-refractivity contribution >= 4 is 0 Å². The minimum Gasteiger partial charge on any atom is -0.315 e. The van der Waals surface area contributed by atoms with E-state index in [0.29, 0.717) is 0 Å². The van der Waals surface area contributed by atoms with Gasteiger partial charge in [0, 0.05) is 31.2 Å². The predicted molar refractivity (Wildman–Crippen MR) is 66.7 cm³/mol. The summed E-state index contributed by atoms with van der Waals surface area (Å²) in [5.74, 6) is 0. The second kappa shape index (κ2) is 4.63. The Labute approximate surface area is 99.2 Å². The number of rotatable bonds is 3. The highest BCUT2D eigenvalue weighted by Crippen LogP contribution is 2.32. The van der Waals surface area contributed by atoms with Crippen LogP contribution in [-0.4, -0.2) is 60.6 Å². The largest absolute Gasteiger partial charge is 0.315 e. The molecular weight excluding hydrogens is 198 g/mol. The van der Waals surface area contributed by atoms with Crippen LogP contribution in [0, 0.1) is 0 Å². The summed E-state index contributed by atoms with van der Waals surface area (Å²) in [7, 11) is 0.